The number of urea groups is 1. The number of nitrogens with zero attached hydrogens (tertiary/aromatic N) is 4. The lowest BCUT2D eigenvalue weighted by Crippen LogP contribution is -2.47. The molecule has 39 heavy (non-hydrogen) atoms. The fraction of sp³-hybridized carbons (Fsp3) is 0.552. The molecule has 3 fully saturated rings. The lowest BCUT2D eigenvalue weighted by Gasteiger charge is -2.35. The van der Waals surface area contributed by atoms with Gasteiger partial charge in [0, 0.05) is 88.1 Å². The van der Waals surface area contributed by atoms with Gasteiger partial charge in [-0.1, -0.05) is 0 Å². The van der Waals surface area contributed by atoms with Crippen molar-refractivity contribution in [3.8, 4) is 5.88 Å². The number of hydrogen-bond donors (Lipinski definition) is 2. The lowest BCUT2D eigenvalue weighted by molar-refractivity contribution is 0.0490. The number of likely N-dealkylation sites (tertiary alicyclic amines) is 1. The van der Waals surface area contributed by atoms with Crippen LogP contribution in [0, 0.1) is 5.92 Å². The van der Waals surface area contributed by atoms with E-state index in [4.69, 9.17) is 14.5 Å². The maximum Gasteiger partial charge on any atom is 0.320 e. The van der Waals surface area contributed by atoms with Crippen molar-refractivity contribution >= 4 is 11.9 Å². The van der Waals surface area contributed by atoms with Gasteiger partial charge in [0.15, 0.2) is 0 Å². The van der Waals surface area contributed by atoms with E-state index >= 15 is 0 Å². The van der Waals surface area contributed by atoms with Gasteiger partial charge in [0.1, 0.15) is 0 Å². The molecule has 3 amide bonds. The van der Waals surface area contributed by atoms with Gasteiger partial charge < -0.3 is 35.0 Å². The molecule has 10 nitrogen and oxygen atoms in total. The maximum absolute atomic E-state index is 13.6. The number of rotatable bonds is 5. The molecule has 5 aliphatic heterocycles. The molecule has 206 valence electrons. The monoisotopic (exact) mass is 532 g/mol. The van der Waals surface area contributed by atoms with Gasteiger partial charge in [-0.15, -0.1) is 0 Å². The molecule has 0 bridgehead atoms. The molecule has 1 aromatic heterocycles. The number of fused-ring (bicyclic) bond motifs is 1. The average molecular weight is 533 g/mol. The Hall–Kier alpha value is -3.53. The van der Waals surface area contributed by atoms with Crippen molar-refractivity contribution in [2.75, 3.05) is 59.1 Å². The number of pyridine rings is 1. The molecule has 7 rings (SSSR count). The summed E-state index contributed by atoms with van der Waals surface area (Å²) in [6.45, 7) is 5.86. The summed E-state index contributed by atoms with van der Waals surface area (Å²) in [6.07, 6.45) is 9.01. The average Bonchev–Trinajstić information content (AvgIpc) is 3.65. The second kappa shape index (κ2) is 10.2. The Kier molecular flexibility index (Phi) is 6.42. The van der Waals surface area contributed by atoms with Gasteiger partial charge >= 0.3 is 6.03 Å². The van der Waals surface area contributed by atoms with Gasteiger partial charge in [0.05, 0.1) is 6.61 Å². The van der Waals surface area contributed by atoms with Crippen molar-refractivity contribution in [3.05, 3.63) is 58.1 Å². The number of hydrogen-bond acceptors (Lipinski definition) is 7. The fourth-order valence-electron chi connectivity index (χ4n) is 6.20. The summed E-state index contributed by atoms with van der Waals surface area (Å²) in [6, 6.07) is 3.86. The molecule has 2 saturated heterocycles. The third-order valence-corrected chi connectivity index (χ3v) is 8.73. The van der Waals surface area contributed by atoms with E-state index in [0.717, 1.165) is 63.1 Å². The molecule has 0 atom stereocenters. The minimum absolute atomic E-state index is 0.0168. The Balaban J connectivity index is 0.973. The zero-order chi connectivity index (χ0) is 26.3. The summed E-state index contributed by atoms with van der Waals surface area (Å²) in [7, 11) is 0. The number of carbonyl (C=O) groups is 2. The molecule has 1 aliphatic carbocycles. The van der Waals surface area contributed by atoms with E-state index in [-0.39, 0.29) is 11.9 Å². The van der Waals surface area contributed by atoms with Crippen LogP contribution in [-0.2, 0) is 4.74 Å². The molecule has 2 N–H and O–H groups in total. The molecular formula is C29H36N6O4. The first-order valence-electron chi connectivity index (χ1n) is 14.3. The molecule has 1 saturated carbocycles. The summed E-state index contributed by atoms with van der Waals surface area (Å²) in [5, 5.41) is 0. The first-order chi connectivity index (χ1) is 19.1. The van der Waals surface area contributed by atoms with Crippen molar-refractivity contribution in [1.82, 2.24) is 30.5 Å². The van der Waals surface area contributed by atoms with Crippen molar-refractivity contribution in [2.24, 2.45) is 5.92 Å². The van der Waals surface area contributed by atoms with Crippen LogP contribution >= 0.6 is 0 Å². The zero-order valence-electron chi connectivity index (χ0n) is 22.3. The van der Waals surface area contributed by atoms with Crippen LogP contribution in [0.4, 0.5) is 4.79 Å². The van der Waals surface area contributed by atoms with E-state index in [1.807, 2.05) is 39.2 Å². The Morgan fingerprint density at radius 1 is 0.897 bits per heavy atom. The van der Waals surface area contributed by atoms with Crippen molar-refractivity contribution in [2.45, 2.75) is 38.0 Å². The molecule has 0 aromatic carbocycles. The summed E-state index contributed by atoms with van der Waals surface area (Å²) in [5.41, 5.74) is 12.5. The predicted octanol–water partition coefficient (Wildman–Crippen LogP) is 2.53. The zero-order valence-corrected chi connectivity index (χ0v) is 22.3. The maximum atomic E-state index is 13.6. The first kappa shape index (κ1) is 24.5. The van der Waals surface area contributed by atoms with Crippen LogP contribution in [0.1, 0.15) is 54.1 Å². The van der Waals surface area contributed by atoms with Gasteiger partial charge in [-0.2, -0.15) is 0 Å². The fourth-order valence-corrected chi connectivity index (χ4v) is 6.20. The standard InChI is InChI=1S/C29H36N6O4/c36-28(22-9-26(20-1-2-20)32-27(10-22)39-18-19-4-7-38-8-5-19)34-14-24-16-35(17-25(24)15-34)29(37)33-6-3-21-11-30-31-12-23(21)13-33/h9-12,19-20,30-31H,1-8,13-18H2. The van der Waals surface area contributed by atoms with E-state index in [1.54, 1.807) is 0 Å². The number of ether oxygens (including phenoxy) is 2. The molecular weight excluding hydrogens is 496 g/mol. The smallest absolute Gasteiger partial charge is 0.320 e. The molecule has 1 aromatic rings. The van der Waals surface area contributed by atoms with Crippen LogP contribution in [0.2, 0.25) is 0 Å². The summed E-state index contributed by atoms with van der Waals surface area (Å²) in [5.74, 6) is 1.48. The summed E-state index contributed by atoms with van der Waals surface area (Å²) in [4.78, 5) is 37.4. The number of aromatic nitrogens is 1. The van der Waals surface area contributed by atoms with Crippen LogP contribution in [0.15, 0.2) is 46.8 Å². The Labute approximate surface area is 228 Å². The van der Waals surface area contributed by atoms with Crippen LogP contribution in [0.3, 0.4) is 0 Å². The highest BCUT2D eigenvalue weighted by Gasteiger charge is 2.37. The molecule has 6 heterocycles. The topological polar surface area (TPSA) is 99.3 Å². The van der Waals surface area contributed by atoms with E-state index in [9.17, 15) is 9.59 Å². The van der Waals surface area contributed by atoms with Crippen molar-refractivity contribution in [1.29, 1.82) is 0 Å². The first-order valence-corrected chi connectivity index (χ1v) is 14.3. The van der Waals surface area contributed by atoms with Gasteiger partial charge in [-0.05, 0) is 66.4 Å². The molecule has 0 spiro atoms. The molecule has 0 unspecified atom stereocenters. The summed E-state index contributed by atoms with van der Waals surface area (Å²) < 4.78 is 11.6. The number of nitrogens with one attached hydrogen (secondary N) is 2. The third kappa shape index (κ3) is 5.09. The van der Waals surface area contributed by atoms with Gasteiger partial charge in [-0.3, -0.25) is 4.79 Å². The van der Waals surface area contributed by atoms with E-state index in [1.165, 1.54) is 16.7 Å². The normalized spacial score (nSPS) is 23.0. The highest BCUT2D eigenvalue weighted by Crippen LogP contribution is 2.40. The van der Waals surface area contributed by atoms with Crippen molar-refractivity contribution in [3.63, 3.8) is 0 Å². The van der Waals surface area contributed by atoms with E-state index < -0.39 is 0 Å². The van der Waals surface area contributed by atoms with E-state index in [0.29, 0.717) is 62.6 Å². The number of amides is 3. The predicted molar refractivity (Wildman–Crippen MR) is 144 cm³/mol. The molecule has 10 heteroatoms. The van der Waals surface area contributed by atoms with Gasteiger partial charge in [0.25, 0.3) is 5.91 Å². The second-order valence-electron chi connectivity index (χ2n) is 11.6. The SMILES string of the molecule is O=C(c1cc(OCC2CCOCC2)nc(C2CC2)c1)N1CC2=C(C1)CN(C(=O)N1CCC3=CNNC=C3C1)C2. The third-order valence-electron chi connectivity index (χ3n) is 8.73. The Morgan fingerprint density at radius 2 is 1.62 bits per heavy atom. The number of hydrazine groups is 1. The minimum Gasteiger partial charge on any atom is -0.477 e. The second-order valence-corrected chi connectivity index (χ2v) is 11.6. The van der Waals surface area contributed by atoms with Crippen LogP contribution in [0.5, 0.6) is 5.88 Å². The van der Waals surface area contributed by atoms with Crippen LogP contribution in [-0.4, -0.2) is 90.7 Å². The van der Waals surface area contributed by atoms with Gasteiger partial charge in [-0.25, -0.2) is 9.78 Å². The lowest BCUT2D eigenvalue weighted by atomic mass is 9.99. The van der Waals surface area contributed by atoms with E-state index in [2.05, 4.69) is 10.9 Å². The highest BCUT2D eigenvalue weighted by atomic mass is 16.5. The Bertz CT molecular complexity index is 1240. The van der Waals surface area contributed by atoms with Gasteiger partial charge in [0.2, 0.25) is 5.88 Å². The largest absolute Gasteiger partial charge is 0.477 e. The highest BCUT2D eigenvalue weighted by molar-refractivity contribution is 5.95. The summed E-state index contributed by atoms with van der Waals surface area (Å²) >= 11 is 0. The quantitative estimate of drug-likeness (QED) is 0.563. The molecule has 0 radical (unpaired) electrons. The van der Waals surface area contributed by atoms with Crippen LogP contribution in [0.25, 0.3) is 0 Å². The van der Waals surface area contributed by atoms with Crippen molar-refractivity contribution < 1.29 is 19.1 Å². The molecule has 6 aliphatic rings. The van der Waals surface area contributed by atoms with Crippen LogP contribution < -0.4 is 15.6 Å². The number of carbonyl (C=O) groups excluding carboxylic acids is 2. The Morgan fingerprint density at radius 3 is 2.36 bits per heavy atom. The minimum atomic E-state index is 0.0168. The number of piperidine rings is 1.